The molecular formula is C11H12FO. The SMILES string of the molecule is O=[C]CCCCc1ccc(F)cc1. The van der Waals surface area contributed by atoms with Crippen LogP contribution in [0.5, 0.6) is 0 Å². The van der Waals surface area contributed by atoms with Crippen molar-refractivity contribution in [2.45, 2.75) is 25.7 Å². The van der Waals surface area contributed by atoms with Crippen molar-refractivity contribution in [3.63, 3.8) is 0 Å². The maximum Gasteiger partial charge on any atom is 0.198 e. The molecule has 0 saturated heterocycles. The van der Waals surface area contributed by atoms with Crippen molar-refractivity contribution in [2.75, 3.05) is 0 Å². The quantitative estimate of drug-likeness (QED) is 0.635. The summed E-state index contributed by atoms with van der Waals surface area (Å²) in [5.41, 5.74) is 1.12. The number of hydrogen-bond donors (Lipinski definition) is 0. The lowest BCUT2D eigenvalue weighted by Gasteiger charge is -1.98. The molecule has 0 heterocycles. The van der Waals surface area contributed by atoms with Crippen LogP contribution in [0.25, 0.3) is 0 Å². The molecule has 0 unspecified atom stereocenters. The minimum Gasteiger partial charge on any atom is -0.291 e. The number of hydrogen-bond acceptors (Lipinski definition) is 1. The average Bonchev–Trinajstić information content (AvgIpc) is 2.15. The summed E-state index contributed by atoms with van der Waals surface area (Å²) in [6, 6.07) is 6.47. The van der Waals surface area contributed by atoms with Crippen LogP contribution in [0.4, 0.5) is 4.39 Å². The van der Waals surface area contributed by atoms with Crippen molar-refractivity contribution in [2.24, 2.45) is 0 Å². The van der Waals surface area contributed by atoms with Crippen LogP contribution in [-0.2, 0) is 11.2 Å². The molecule has 0 aliphatic heterocycles. The number of carbonyl (C=O) groups excluding carboxylic acids is 1. The van der Waals surface area contributed by atoms with E-state index < -0.39 is 0 Å². The molecule has 1 aromatic carbocycles. The summed E-state index contributed by atoms with van der Waals surface area (Å²) < 4.78 is 12.5. The standard InChI is InChI=1S/C11H12FO/c12-11-7-5-10(6-8-11)4-2-1-3-9-13/h5-8H,1-4H2. The maximum absolute atomic E-state index is 12.5. The van der Waals surface area contributed by atoms with Crippen LogP contribution in [0.15, 0.2) is 24.3 Å². The van der Waals surface area contributed by atoms with Crippen LogP contribution in [0.2, 0.25) is 0 Å². The predicted molar refractivity (Wildman–Crippen MR) is 49.6 cm³/mol. The van der Waals surface area contributed by atoms with Gasteiger partial charge in [0.2, 0.25) is 0 Å². The van der Waals surface area contributed by atoms with Gasteiger partial charge in [-0.3, -0.25) is 4.79 Å². The highest BCUT2D eigenvalue weighted by Gasteiger charge is 1.94. The summed E-state index contributed by atoms with van der Waals surface area (Å²) in [4.78, 5) is 9.89. The molecule has 0 fully saturated rings. The first-order valence-corrected chi connectivity index (χ1v) is 4.42. The van der Waals surface area contributed by atoms with Crippen LogP contribution in [-0.4, -0.2) is 6.29 Å². The molecule has 0 aromatic heterocycles. The highest BCUT2D eigenvalue weighted by atomic mass is 19.1. The summed E-state index contributed by atoms with van der Waals surface area (Å²) in [5, 5.41) is 0. The van der Waals surface area contributed by atoms with Gasteiger partial charge >= 0.3 is 0 Å². The third-order valence-corrected chi connectivity index (χ3v) is 1.91. The van der Waals surface area contributed by atoms with E-state index in [4.69, 9.17) is 0 Å². The van der Waals surface area contributed by atoms with E-state index in [9.17, 15) is 9.18 Å². The molecular weight excluding hydrogens is 167 g/mol. The van der Waals surface area contributed by atoms with Gasteiger partial charge in [0.05, 0.1) is 0 Å². The van der Waals surface area contributed by atoms with Gasteiger partial charge in [0.25, 0.3) is 0 Å². The molecule has 2 heteroatoms. The second kappa shape index (κ2) is 5.46. The van der Waals surface area contributed by atoms with E-state index >= 15 is 0 Å². The highest BCUT2D eigenvalue weighted by Crippen LogP contribution is 2.07. The first kappa shape index (κ1) is 9.90. The zero-order chi connectivity index (χ0) is 9.52. The molecule has 0 spiro atoms. The number of benzene rings is 1. The Morgan fingerprint density at radius 1 is 1.15 bits per heavy atom. The van der Waals surface area contributed by atoms with Gasteiger partial charge in [-0.2, -0.15) is 0 Å². The number of aryl methyl sites for hydroxylation is 1. The summed E-state index contributed by atoms with van der Waals surface area (Å²) in [7, 11) is 0. The summed E-state index contributed by atoms with van der Waals surface area (Å²) >= 11 is 0. The van der Waals surface area contributed by atoms with Gasteiger partial charge in [-0.15, -0.1) is 0 Å². The van der Waals surface area contributed by atoms with Crippen LogP contribution in [0.3, 0.4) is 0 Å². The molecule has 1 nitrogen and oxygen atoms in total. The monoisotopic (exact) mass is 179 g/mol. The number of rotatable bonds is 5. The molecule has 1 rings (SSSR count). The summed E-state index contributed by atoms with van der Waals surface area (Å²) in [6.45, 7) is 0. The molecule has 0 aliphatic carbocycles. The lowest BCUT2D eigenvalue weighted by molar-refractivity contribution is 0.546. The van der Waals surface area contributed by atoms with Crippen molar-refractivity contribution in [3.05, 3.63) is 35.6 Å². The van der Waals surface area contributed by atoms with Crippen molar-refractivity contribution in [1.29, 1.82) is 0 Å². The van der Waals surface area contributed by atoms with Crippen molar-refractivity contribution >= 4 is 6.29 Å². The molecule has 0 atom stereocenters. The van der Waals surface area contributed by atoms with Gasteiger partial charge in [0.15, 0.2) is 6.29 Å². The Kier molecular flexibility index (Phi) is 4.16. The summed E-state index contributed by atoms with van der Waals surface area (Å²) in [5.74, 6) is -0.204. The van der Waals surface area contributed by atoms with Gasteiger partial charge < -0.3 is 0 Å². The minimum absolute atomic E-state index is 0.204. The van der Waals surface area contributed by atoms with E-state index in [0.717, 1.165) is 24.8 Å². The molecule has 0 amide bonds. The van der Waals surface area contributed by atoms with Gasteiger partial charge in [-0.05, 0) is 37.0 Å². The Morgan fingerprint density at radius 2 is 1.85 bits per heavy atom. The van der Waals surface area contributed by atoms with Gasteiger partial charge in [0, 0.05) is 6.42 Å². The molecule has 69 valence electrons. The third-order valence-electron chi connectivity index (χ3n) is 1.91. The van der Waals surface area contributed by atoms with Crippen LogP contribution in [0, 0.1) is 5.82 Å². The van der Waals surface area contributed by atoms with E-state index in [2.05, 4.69) is 0 Å². The van der Waals surface area contributed by atoms with Crippen molar-refractivity contribution in [1.82, 2.24) is 0 Å². The first-order chi connectivity index (χ1) is 6.33. The smallest absolute Gasteiger partial charge is 0.198 e. The second-order valence-corrected chi connectivity index (χ2v) is 2.98. The fraction of sp³-hybridized carbons (Fsp3) is 0.364. The van der Waals surface area contributed by atoms with E-state index in [0.29, 0.717) is 6.42 Å². The van der Waals surface area contributed by atoms with Gasteiger partial charge in [0.1, 0.15) is 5.82 Å². The normalized spacial score (nSPS) is 9.92. The van der Waals surface area contributed by atoms with Crippen LogP contribution in [0.1, 0.15) is 24.8 Å². The van der Waals surface area contributed by atoms with Crippen molar-refractivity contribution in [3.8, 4) is 0 Å². The number of halogens is 1. The Balaban J connectivity index is 2.28. The predicted octanol–water partition coefficient (Wildman–Crippen LogP) is 2.65. The van der Waals surface area contributed by atoms with E-state index in [-0.39, 0.29) is 5.82 Å². The van der Waals surface area contributed by atoms with Crippen LogP contribution >= 0.6 is 0 Å². The van der Waals surface area contributed by atoms with Gasteiger partial charge in [-0.1, -0.05) is 12.1 Å². The molecule has 0 N–H and O–H groups in total. The van der Waals surface area contributed by atoms with Gasteiger partial charge in [-0.25, -0.2) is 4.39 Å². The second-order valence-electron chi connectivity index (χ2n) is 2.98. The number of unbranched alkanes of at least 4 members (excludes halogenated alkanes) is 2. The van der Waals surface area contributed by atoms with Crippen molar-refractivity contribution < 1.29 is 9.18 Å². The zero-order valence-corrected chi connectivity index (χ0v) is 7.42. The molecule has 0 saturated carbocycles. The Labute approximate surface area is 77.6 Å². The largest absolute Gasteiger partial charge is 0.291 e. The average molecular weight is 179 g/mol. The molecule has 0 bridgehead atoms. The first-order valence-electron chi connectivity index (χ1n) is 4.42. The lowest BCUT2D eigenvalue weighted by Crippen LogP contribution is -1.86. The third kappa shape index (κ3) is 3.83. The summed E-state index contributed by atoms with van der Waals surface area (Å²) in [6.07, 6.45) is 5.08. The fourth-order valence-corrected chi connectivity index (χ4v) is 1.18. The van der Waals surface area contributed by atoms with E-state index in [1.807, 2.05) is 6.29 Å². The Bertz CT molecular complexity index is 253. The van der Waals surface area contributed by atoms with E-state index in [1.54, 1.807) is 12.1 Å². The Morgan fingerprint density at radius 3 is 2.46 bits per heavy atom. The van der Waals surface area contributed by atoms with Crippen LogP contribution < -0.4 is 0 Å². The molecule has 1 aromatic rings. The maximum atomic E-state index is 12.5. The Hall–Kier alpha value is -1.18. The molecule has 0 aliphatic rings. The molecule has 1 radical (unpaired) electrons. The lowest BCUT2D eigenvalue weighted by atomic mass is 10.1. The fourth-order valence-electron chi connectivity index (χ4n) is 1.18. The topological polar surface area (TPSA) is 17.1 Å². The highest BCUT2D eigenvalue weighted by molar-refractivity contribution is 5.50. The minimum atomic E-state index is -0.204. The molecule has 13 heavy (non-hydrogen) atoms. The zero-order valence-electron chi connectivity index (χ0n) is 7.42. The van der Waals surface area contributed by atoms with E-state index in [1.165, 1.54) is 12.1 Å².